The molecule has 0 radical (unpaired) electrons. The molecule has 5 nitrogen and oxygen atoms in total. The zero-order valence-corrected chi connectivity index (χ0v) is 16.3. The molecule has 0 fully saturated rings. The van der Waals surface area contributed by atoms with Crippen molar-refractivity contribution in [3.8, 4) is 0 Å². The lowest BCUT2D eigenvalue weighted by Gasteiger charge is -2.20. The predicted octanol–water partition coefficient (Wildman–Crippen LogP) is 4.77. The molecule has 0 atom stereocenters. The smallest absolute Gasteiger partial charge is 0.282 e. The third kappa shape index (κ3) is 3.13. The second-order valence-corrected chi connectivity index (χ2v) is 7.74. The van der Waals surface area contributed by atoms with E-state index in [2.05, 4.69) is 26.0 Å². The van der Waals surface area contributed by atoms with Gasteiger partial charge in [-0.05, 0) is 41.6 Å². The number of carbonyl (C=O) groups excluding carboxylic acids is 1. The topological polar surface area (TPSA) is 68.9 Å². The Balaban J connectivity index is 1.70. The van der Waals surface area contributed by atoms with Crippen molar-refractivity contribution in [2.45, 2.75) is 0 Å². The number of amides is 1. The van der Waals surface area contributed by atoms with Gasteiger partial charge in [-0.15, -0.1) is 0 Å². The van der Waals surface area contributed by atoms with Gasteiger partial charge in [-0.2, -0.15) is 15.1 Å². The van der Waals surface area contributed by atoms with E-state index in [1.807, 2.05) is 42.5 Å². The highest BCUT2D eigenvalue weighted by atomic mass is 79.9. The van der Waals surface area contributed by atoms with Gasteiger partial charge >= 0.3 is 0 Å². The van der Waals surface area contributed by atoms with E-state index < -0.39 is 5.91 Å². The fourth-order valence-corrected chi connectivity index (χ4v) is 3.94. The average Bonchev–Trinajstić information content (AvgIpc) is 3.04. The number of rotatable bonds is 2. The highest BCUT2D eigenvalue weighted by Gasteiger charge is 2.36. The van der Waals surface area contributed by atoms with Crippen LogP contribution in [0.15, 0.2) is 68.7 Å². The highest BCUT2D eigenvalue weighted by molar-refractivity contribution is 9.10. The average molecular weight is 446 g/mol. The van der Waals surface area contributed by atoms with Crippen LogP contribution in [0.3, 0.4) is 0 Å². The van der Waals surface area contributed by atoms with E-state index >= 15 is 0 Å². The molecule has 1 N–H and O–H groups in total. The first kappa shape index (κ1) is 17.2. The highest BCUT2D eigenvalue weighted by Crippen LogP contribution is 2.33. The molecular formula is C18H10BrClN4OS. The van der Waals surface area contributed by atoms with Crippen LogP contribution >= 0.6 is 39.3 Å². The molecule has 0 saturated heterocycles. The monoisotopic (exact) mass is 444 g/mol. The first-order chi connectivity index (χ1) is 12.5. The van der Waals surface area contributed by atoms with Crippen LogP contribution in [0.1, 0.15) is 11.1 Å². The SMILES string of the molecule is N=C1C(=Cc2ccc(Br)cc2)C(=O)N=C2SC(c3ccccc3Cl)=NN12. The number of carbonyl (C=O) groups is 1. The van der Waals surface area contributed by atoms with E-state index in [9.17, 15) is 4.79 Å². The Kier molecular flexibility index (Phi) is 4.52. The second kappa shape index (κ2) is 6.83. The lowest BCUT2D eigenvalue weighted by atomic mass is 10.1. The molecule has 0 unspecified atom stereocenters. The Hall–Kier alpha value is -2.22. The van der Waals surface area contributed by atoms with Crippen molar-refractivity contribution in [3.05, 3.63) is 74.7 Å². The van der Waals surface area contributed by atoms with Gasteiger partial charge in [0, 0.05) is 10.0 Å². The van der Waals surface area contributed by atoms with E-state index in [-0.39, 0.29) is 11.4 Å². The van der Waals surface area contributed by atoms with E-state index in [0.29, 0.717) is 15.2 Å². The first-order valence-corrected chi connectivity index (χ1v) is 9.52. The third-order valence-electron chi connectivity index (χ3n) is 3.74. The van der Waals surface area contributed by atoms with Gasteiger partial charge in [-0.25, -0.2) is 0 Å². The summed E-state index contributed by atoms with van der Waals surface area (Å²) in [7, 11) is 0. The third-order valence-corrected chi connectivity index (χ3v) is 5.54. The lowest BCUT2D eigenvalue weighted by molar-refractivity contribution is -0.114. The maximum Gasteiger partial charge on any atom is 0.283 e. The van der Waals surface area contributed by atoms with Crippen LogP contribution in [0.25, 0.3) is 6.08 Å². The van der Waals surface area contributed by atoms with Gasteiger partial charge in [-0.3, -0.25) is 10.2 Å². The van der Waals surface area contributed by atoms with Gasteiger partial charge in [0.2, 0.25) is 5.17 Å². The number of hydrogen-bond donors (Lipinski definition) is 1. The summed E-state index contributed by atoms with van der Waals surface area (Å²) < 4.78 is 0.940. The van der Waals surface area contributed by atoms with Gasteiger partial charge in [0.25, 0.3) is 5.91 Å². The van der Waals surface area contributed by atoms with Crippen LogP contribution in [0.2, 0.25) is 5.02 Å². The molecular weight excluding hydrogens is 436 g/mol. The summed E-state index contributed by atoms with van der Waals surface area (Å²) >= 11 is 10.8. The number of hydrogen-bond acceptors (Lipinski definition) is 4. The quantitative estimate of drug-likeness (QED) is 0.677. The van der Waals surface area contributed by atoms with Gasteiger partial charge in [-0.1, -0.05) is 57.9 Å². The van der Waals surface area contributed by atoms with Gasteiger partial charge < -0.3 is 0 Å². The minimum atomic E-state index is -0.452. The van der Waals surface area contributed by atoms with E-state index in [0.717, 1.165) is 15.6 Å². The van der Waals surface area contributed by atoms with E-state index in [1.54, 1.807) is 12.1 Å². The molecule has 26 heavy (non-hydrogen) atoms. The first-order valence-electron chi connectivity index (χ1n) is 7.53. The number of aliphatic imine (C=N–C) groups is 1. The zero-order chi connectivity index (χ0) is 18.3. The summed E-state index contributed by atoms with van der Waals surface area (Å²) in [6, 6.07) is 14.8. The Morgan fingerprint density at radius 1 is 1.15 bits per heavy atom. The van der Waals surface area contributed by atoms with E-state index in [1.165, 1.54) is 16.8 Å². The molecule has 2 aliphatic rings. The Morgan fingerprint density at radius 2 is 1.88 bits per heavy atom. The summed E-state index contributed by atoms with van der Waals surface area (Å²) in [5, 5.41) is 15.7. The number of nitrogens with zero attached hydrogens (tertiary/aromatic N) is 3. The van der Waals surface area contributed by atoms with Crippen molar-refractivity contribution in [1.82, 2.24) is 5.01 Å². The summed E-state index contributed by atoms with van der Waals surface area (Å²) in [5.41, 5.74) is 1.75. The molecule has 0 bridgehead atoms. The molecule has 0 aromatic heterocycles. The van der Waals surface area contributed by atoms with Crippen molar-refractivity contribution in [2.75, 3.05) is 0 Å². The van der Waals surface area contributed by atoms with Crippen molar-refractivity contribution in [3.63, 3.8) is 0 Å². The second-order valence-electron chi connectivity index (χ2n) is 5.46. The number of benzene rings is 2. The molecule has 0 saturated carbocycles. The van der Waals surface area contributed by atoms with Crippen molar-refractivity contribution in [2.24, 2.45) is 10.1 Å². The molecule has 4 rings (SSSR count). The summed E-state index contributed by atoms with van der Waals surface area (Å²) in [5.74, 6) is -0.454. The van der Waals surface area contributed by atoms with Crippen LogP contribution in [-0.4, -0.2) is 27.0 Å². The summed E-state index contributed by atoms with van der Waals surface area (Å²) in [6.07, 6.45) is 1.64. The molecule has 128 valence electrons. The van der Waals surface area contributed by atoms with Crippen LogP contribution in [0, 0.1) is 5.41 Å². The number of amidine groups is 2. The van der Waals surface area contributed by atoms with Gasteiger partial charge in [0.15, 0.2) is 5.84 Å². The largest absolute Gasteiger partial charge is 0.283 e. The summed E-state index contributed by atoms with van der Waals surface area (Å²) in [6.45, 7) is 0. The molecule has 2 heterocycles. The molecule has 1 amide bonds. The number of nitrogens with one attached hydrogen (secondary N) is 1. The van der Waals surface area contributed by atoms with Crippen LogP contribution < -0.4 is 0 Å². The standard InChI is InChI=1S/C18H10BrClN4OS/c19-11-7-5-10(6-8-11)9-13-15(21)24-18(22-16(13)25)26-17(23-24)12-3-1-2-4-14(12)20/h1-9,21H. The van der Waals surface area contributed by atoms with Crippen LogP contribution in [-0.2, 0) is 4.79 Å². The van der Waals surface area contributed by atoms with Crippen molar-refractivity contribution in [1.29, 1.82) is 5.41 Å². The zero-order valence-electron chi connectivity index (χ0n) is 13.1. The number of fused-ring (bicyclic) bond motifs is 1. The minimum Gasteiger partial charge on any atom is -0.282 e. The number of halogens is 2. The Bertz CT molecular complexity index is 1030. The molecule has 0 spiro atoms. The maximum atomic E-state index is 12.4. The summed E-state index contributed by atoms with van der Waals surface area (Å²) in [4.78, 5) is 16.5. The maximum absolute atomic E-state index is 12.4. The normalized spacial score (nSPS) is 18.1. The van der Waals surface area contributed by atoms with Crippen molar-refractivity contribution < 1.29 is 4.79 Å². The predicted molar refractivity (Wildman–Crippen MR) is 110 cm³/mol. The molecule has 8 heteroatoms. The lowest BCUT2D eigenvalue weighted by Crippen LogP contribution is -2.35. The fraction of sp³-hybridized carbons (Fsp3) is 0. The molecule has 2 aromatic rings. The van der Waals surface area contributed by atoms with Crippen molar-refractivity contribution >= 4 is 67.3 Å². The Labute approximate surface area is 167 Å². The van der Waals surface area contributed by atoms with Gasteiger partial charge in [0.05, 0.1) is 10.6 Å². The van der Waals surface area contributed by atoms with Crippen LogP contribution in [0.4, 0.5) is 0 Å². The van der Waals surface area contributed by atoms with Gasteiger partial charge in [0.1, 0.15) is 5.04 Å². The Morgan fingerprint density at radius 3 is 2.62 bits per heavy atom. The number of thioether (sulfide) groups is 1. The number of hydrazone groups is 1. The molecule has 0 aliphatic carbocycles. The fourth-order valence-electron chi connectivity index (χ4n) is 2.46. The molecule has 2 aromatic carbocycles. The van der Waals surface area contributed by atoms with E-state index in [4.69, 9.17) is 17.0 Å². The molecule has 2 aliphatic heterocycles. The minimum absolute atomic E-state index is 0.00234. The van der Waals surface area contributed by atoms with Crippen LogP contribution in [0.5, 0.6) is 0 Å².